The number of aliphatic hydroxyl groups is 2. The summed E-state index contributed by atoms with van der Waals surface area (Å²) in [6.07, 6.45) is 0.616. The smallest absolute Gasteiger partial charge is 0.320 e. The molecule has 0 spiro atoms. The van der Waals surface area contributed by atoms with Crippen LogP contribution in [0.3, 0.4) is 0 Å². The van der Waals surface area contributed by atoms with Gasteiger partial charge in [-0.25, -0.2) is 0 Å². The fraction of sp³-hybridized carbons (Fsp3) is 0.800. The van der Waals surface area contributed by atoms with E-state index in [4.69, 9.17) is 21.1 Å². The lowest BCUT2D eigenvalue weighted by molar-refractivity contribution is -0.138. The molecule has 0 aromatic heterocycles. The Labute approximate surface area is 99.6 Å². The van der Waals surface area contributed by atoms with E-state index in [2.05, 4.69) is 5.32 Å². The van der Waals surface area contributed by atoms with Crippen molar-refractivity contribution in [3.05, 3.63) is 0 Å². The van der Waals surface area contributed by atoms with Gasteiger partial charge in [-0.05, 0) is 12.8 Å². The Kier molecular flexibility index (Phi) is 8.29. The van der Waals surface area contributed by atoms with Gasteiger partial charge in [0, 0.05) is 32.1 Å². The first-order valence-electron chi connectivity index (χ1n) is 5.48. The predicted octanol–water partition coefficient (Wildman–Crippen LogP) is -1.71. The summed E-state index contributed by atoms with van der Waals surface area (Å²) in [5, 5.41) is 28.6. The molecule has 0 fully saturated rings. The van der Waals surface area contributed by atoms with Crippen LogP contribution >= 0.6 is 0 Å². The molecule has 100 valence electrons. The molecule has 0 radical (unpaired) electrons. The highest BCUT2D eigenvalue weighted by Crippen LogP contribution is 1.99. The number of hydrogen-bond acceptors (Lipinski definition) is 5. The van der Waals surface area contributed by atoms with Crippen molar-refractivity contribution in [2.45, 2.75) is 25.3 Å². The van der Waals surface area contributed by atoms with Gasteiger partial charge in [-0.2, -0.15) is 0 Å². The molecule has 7 nitrogen and oxygen atoms in total. The molecule has 1 amide bonds. The number of carbonyl (C=O) groups excluding carboxylic acids is 1. The Bertz CT molecular complexity index is 243. The first-order chi connectivity index (χ1) is 8.01. The maximum Gasteiger partial charge on any atom is 0.320 e. The largest absolute Gasteiger partial charge is 0.480 e. The Morgan fingerprint density at radius 1 is 1.18 bits per heavy atom. The maximum atomic E-state index is 11.2. The molecule has 6 N–H and O–H groups in total. The number of aliphatic hydroxyl groups excluding tert-OH is 2. The van der Waals surface area contributed by atoms with Gasteiger partial charge in [-0.3, -0.25) is 9.59 Å². The second kappa shape index (κ2) is 8.91. The molecular weight excluding hydrogens is 228 g/mol. The molecule has 1 atom stereocenters. The third-order valence-electron chi connectivity index (χ3n) is 2.39. The third kappa shape index (κ3) is 7.67. The van der Waals surface area contributed by atoms with Gasteiger partial charge in [0.15, 0.2) is 0 Å². The van der Waals surface area contributed by atoms with Crippen molar-refractivity contribution >= 4 is 11.9 Å². The monoisotopic (exact) mass is 248 g/mol. The Morgan fingerprint density at radius 3 is 2.24 bits per heavy atom. The Morgan fingerprint density at radius 2 is 1.76 bits per heavy atom. The molecule has 0 rings (SSSR count). The van der Waals surface area contributed by atoms with Crippen LogP contribution < -0.4 is 11.1 Å². The van der Waals surface area contributed by atoms with E-state index in [1.54, 1.807) is 0 Å². The van der Waals surface area contributed by atoms with Gasteiger partial charge >= 0.3 is 5.97 Å². The Balaban J connectivity index is 3.63. The van der Waals surface area contributed by atoms with Crippen LogP contribution in [0.4, 0.5) is 0 Å². The summed E-state index contributed by atoms with van der Waals surface area (Å²) in [5.74, 6) is -1.65. The van der Waals surface area contributed by atoms with Crippen LogP contribution in [-0.2, 0) is 9.59 Å². The molecule has 7 heteroatoms. The number of rotatable bonds is 9. The lowest BCUT2D eigenvalue weighted by Crippen LogP contribution is -2.33. The summed E-state index contributed by atoms with van der Waals surface area (Å²) in [6, 6.07) is -1.02. The normalized spacial score (nSPS) is 12.5. The average Bonchev–Trinajstić information content (AvgIpc) is 2.31. The first kappa shape index (κ1) is 15.8. The van der Waals surface area contributed by atoms with E-state index in [9.17, 15) is 9.59 Å². The van der Waals surface area contributed by atoms with Crippen LogP contribution in [0.15, 0.2) is 0 Å². The first-order valence-corrected chi connectivity index (χ1v) is 5.48. The second-order valence-electron chi connectivity index (χ2n) is 3.85. The number of nitrogens with two attached hydrogens (primary N) is 1. The molecule has 0 saturated carbocycles. The quantitative estimate of drug-likeness (QED) is 0.330. The molecule has 0 aliphatic heterocycles. The van der Waals surface area contributed by atoms with Gasteiger partial charge in [0.25, 0.3) is 0 Å². The fourth-order valence-electron chi connectivity index (χ4n) is 1.15. The van der Waals surface area contributed by atoms with E-state index < -0.39 is 12.0 Å². The highest BCUT2D eigenvalue weighted by molar-refractivity contribution is 5.78. The highest BCUT2D eigenvalue weighted by Gasteiger charge is 2.13. The SMILES string of the molecule is NC(CCC(=O)NCCC(CO)CO)C(=O)O. The van der Waals surface area contributed by atoms with E-state index in [1.807, 2.05) is 0 Å². The average molecular weight is 248 g/mol. The van der Waals surface area contributed by atoms with E-state index in [1.165, 1.54) is 0 Å². The van der Waals surface area contributed by atoms with E-state index in [0.717, 1.165) is 0 Å². The van der Waals surface area contributed by atoms with Gasteiger partial charge in [-0.1, -0.05) is 0 Å². The van der Waals surface area contributed by atoms with Gasteiger partial charge in [0.05, 0.1) is 0 Å². The molecule has 0 aliphatic carbocycles. The number of amides is 1. The van der Waals surface area contributed by atoms with Crippen molar-refractivity contribution < 1.29 is 24.9 Å². The molecule has 0 aliphatic rings. The highest BCUT2D eigenvalue weighted by atomic mass is 16.4. The van der Waals surface area contributed by atoms with E-state index in [-0.39, 0.29) is 37.9 Å². The third-order valence-corrected chi connectivity index (χ3v) is 2.39. The van der Waals surface area contributed by atoms with Gasteiger partial charge in [-0.15, -0.1) is 0 Å². The molecule has 0 aromatic carbocycles. The summed E-state index contributed by atoms with van der Waals surface area (Å²) in [4.78, 5) is 21.6. The van der Waals surface area contributed by atoms with Crippen molar-refractivity contribution in [2.75, 3.05) is 19.8 Å². The summed E-state index contributed by atoms with van der Waals surface area (Å²) in [6.45, 7) is 0.0828. The Hall–Kier alpha value is -1.18. The molecule has 0 bridgehead atoms. The zero-order valence-electron chi connectivity index (χ0n) is 9.63. The second-order valence-corrected chi connectivity index (χ2v) is 3.85. The topological polar surface area (TPSA) is 133 Å². The van der Waals surface area contributed by atoms with Crippen LogP contribution in [0.2, 0.25) is 0 Å². The van der Waals surface area contributed by atoms with Crippen LogP contribution in [0.25, 0.3) is 0 Å². The van der Waals surface area contributed by atoms with Crippen LogP contribution in [0.1, 0.15) is 19.3 Å². The van der Waals surface area contributed by atoms with Crippen LogP contribution in [-0.4, -0.2) is 53.0 Å². The minimum atomic E-state index is -1.13. The summed E-state index contributed by atoms with van der Waals surface area (Å²) in [7, 11) is 0. The van der Waals surface area contributed by atoms with Crippen LogP contribution in [0, 0.1) is 5.92 Å². The van der Waals surface area contributed by atoms with Crippen molar-refractivity contribution in [2.24, 2.45) is 11.7 Å². The molecule has 1 unspecified atom stereocenters. The molecule has 0 aromatic rings. The summed E-state index contributed by atoms with van der Waals surface area (Å²) >= 11 is 0. The van der Waals surface area contributed by atoms with Crippen molar-refractivity contribution in [3.8, 4) is 0 Å². The van der Waals surface area contributed by atoms with Crippen molar-refractivity contribution in [1.82, 2.24) is 5.32 Å². The minimum Gasteiger partial charge on any atom is -0.480 e. The molecule has 17 heavy (non-hydrogen) atoms. The summed E-state index contributed by atoms with van der Waals surface area (Å²) in [5.41, 5.74) is 5.24. The zero-order valence-corrected chi connectivity index (χ0v) is 9.63. The number of nitrogens with one attached hydrogen (secondary N) is 1. The maximum absolute atomic E-state index is 11.2. The van der Waals surface area contributed by atoms with Crippen molar-refractivity contribution in [1.29, 1.82) is 0 Å². The lowest BCUT2D eigenvalue weighted by Gasteiger charge is -2.11. The molecular formula is C10H20N2O5. The van der Waals surface area contributed by atoms with Crippen molar-refractivity contribution in [3.63, 3.8) is 0 Å². The number of carbonyl (C=O) groups is 2. The summed E-state index contributed by atoms with van der Waals surface area (Å²) < 4.78 is 0. The number of aliphatic carboxylic acids is 1. The zero-order chi connectivity index (χ0) is 13.3. The number of carboxylic acids is 1. The number of hydrogen-bond donors (Lipinski definition) is 5. The van der Waals surface area contributed by atoms with Crippen LogP contribution in [0.5, 0.6) is 0 Å². The molecule has 0 saturated heterocycles. The predicted molar refractivity (Wildman–Crippen MR) is 60.1 cm³/mol. The van der Waals surface area contributed by atoms with E-state index in [0.29, 0.717) is 13.0 Å². The fourth-order valence-corrected chi connectivity index (χ4v) is 1.15. The number of carboxylic acid groups (broad SMARTS) is 1. The van der Waals surface area contributed by atoms with Gasteiger partial charge in [0.2, 0.25) is 5.91 Å². The van der Waals surface area contributed by atoms with Gasteiger partial charge < -0.3 is 26.4 Å². The standard InChI is InChI=1S/C10H20N2O5/c11-8(10(16)17)1-2-9(15)12-4-3-7(5-13)6-14/h7-8,13-14H,1-6,11H2,(H,12,15)(H,16,17). The molecule has 0 heterocycles. The van der Waals surface area contributed by atoms with Gasteiger partial charge in [0.1, 0.15) is 6.04 Å². The van der Waals surface area contributed by atoms with E-state index >= 15 is 0 Å². The lowest BCUT2D eigenvalue weighted by atomic mass is 10.1. The minimum absolute atomic E-state index is 0.0520.